The lowest BCUT2D eigenvalue weighted by molar-refractivity contribution is -0.132. The molecule has 0 heterocycles. The van der Waals surface area contributed by atoms with Crippen molar-refractivity contribution in [3.05, 3.63) is 24.3 Å². The third-order valence-electron chi connectivity index (χ3n) is 1.22. The van der Waals surface area contributed by atoms with Gasteiger partial charge >= 0.3 is 5.97 Å². The van der Waals surface area contributed by atoms with Gasteiger partial charge in [0.2, 0.25) is 0 Å². The van der Waals surface area contributed by atoms with Gasteiger partial charge in [-0.1, -0.05) is 12.2 Å². The second-order valence-corrected chi connectivity index (χ2v) is 3.58. The highest BCUT2D eigenvalue weighted by Gasteiger charge is 1.99. The first kappa shape index (κ1) is 9.17. The van der Waals surface area contributed by atoms with E-state index in [1.54, 1.807) is 19.1 Å². The number of carbonyl (C=O) groups is 1. The van der Waals surface area contributed by atoms with Crippen molar-refractivity contribution < 1.29 is 9.90 Å². The Balaban J connectivity index is 4.15. The standard InChI is InChI=1S/C7H12O2Si/c1-3-6(10)4-5(2)7(8)9/h3-4,6H,1H2,2,10H3,(H,8,9). The van der Waals surface area contributed by atoms with E-state index in [0.29, 0.717) is 5.57 Å². The average molecular weight is 156 g/mol. The largest absolute Gasteiger partial charge is 0.478 e. The fourth-order valence-electron chi connectivity index (χ4n) is 0.534. The molecule has 1 atom stereocenters. The van der Waals surface area contributed by atoms with Crippen LogP contribution in [0.2, 0.25) is 5.54 Å². The molecule has 0 aromatic heterocycles. The maximum absolute atomic E-state index is 10.3. The van der Waals surface area contributed by atoms with Crippen molar-refractivity contribution in [2.75, 3.05) is 0 Å². The fraction of sp³-hybridized carbons (Fsp3) is 0.286. The van der Waals surface area contributed by atoms with Crippen LogP contribution < -0.4 is 0 Å². The maximum atomic E-state index is 10.3. The normalized spacial score (nSPS) is 14.7. The second-order valence-electron chi connectivity index (χ2n) is 2.25. The molecule has 0 rings (SSSR count). The first-order chi connectivity index (χ1) is 4.57. The predicted octanol–water partition coefficient (Wildman–Crippen LogP) is 0.357. The molecule has 0 fully saturated rings. The van der Waals surface area contributed by atoms with Gasteiger partial charge in [0.1, 0.15) is 0 Å². The highest BCUT2D eigenvalue weighted by atomic mass is 28.1. The lowest BCUT2D eigenvalue weighted by Crippen LogP contribution is -1.97. The molecular weight excluding hydrogens is 144 g/mol. The van der Waals surface area contributed by atoms with Crippen LogP contribution >= 0.6 is 0 Å². The molecule has 0 saturated heterocycles. The minimum absolute atomic E-state index is 0.274. The van der Waals surface area contributed by atoms with Gasteiger partial charge in [0, 0.05) is 15.8 Å². The van der Waals surface area contributed by atoms with Crippen LogP contribution in [0.15, 0.2) is 24.3 Å². The quantitative estimate of drug-likeness (QED) is 0.364. The Morgan fingerprint density at radius 2 is 2.30 bits per heavy atom. The minimum Gasteiger partial charge on any atom is -0.478 e. The van der Waals surface area contributed by atoms with Gasteiger partial charge in [0.05, 0.1) is 0 Å². The summed E-state index contributed by atoms with van der Waals surface area (Å²) in [5, 5.41) is 8.44. The van der Waals surface area contributed by atoms with Crippen molar-refractivity contribution in [2.24, 2.45) is 0 Å². The van der Waals surface area contributed by atoms with Crippen LogP contribution in [0, 0.1) is 0 Å². The summed E-state index contributed by atoms with van der Waals surface area (Å²) in [6, 6.07) is 0. The average Bonchev–Trinajstić information content (AvgIpc) is 1.87. The molecule has 0 saturated carbocycles. The summed E-state index contributed by atoms with van der Waals surface area (Å²) in [4.78, 5) is 10.3. The third kappa shape index (κ3) is 3.24. The van der Waals surface area contributed by atoms with Gasteiger partial charge in [0.25, 0.3) is 0 Å². The Morgan fingerprint density at radius 3 is 2.60 bits per heavy atom. The van der Waals surface area contributed by atoms with E-state index in [4.69, 9.17) is 5.11 Å². The molecule has 0 spiro atoms. The number of hydrogen-bond acceptors (Lipinski definition) is 1. The van der Waals surface area contributed by atoms with Gasteiger partial charge in [-0.05, 0) is 12.5 Å². The molecule has 56 valence electrons. The highest BCUT2D eigenvalue weighted by Crippen LogP contribution is 2.05. The van der Waals surface area contributed by atoms with E-state index in [1.165, 1.54) is 0 Å². The predicted molar refractivity (Wildman–Crippen MR) is 45.3 cm³/mol. The molecule has 0 amide bonds. The molecule has 1 unspecified atom stereocenters. The summed E-state index contributed by atoms with van der Waals surface area (Å²) in [7, 11) is 0.926. The molecule has 0 aliphatic heterocycles. The van der Waals surface area contributed by atoms with Crippen molar-refractivity contribution in [1.29, 1.82) is 0 Å². The van der Waals surface area contributed by atoms with Gasteiger partial charge in [-0.25, -0.2) is 4.79 Å². The zero-order valence-corrected chi connectivity index (χ0v) is 8.29. The molecule has 1 N–H and O–H groups in total. The SMILES string of the molecule is C=CC([SiH3])C=C(C)C(=O)O. The zero-order chi connectivity index (χ0) is 8.15. The van der Waals surface area contributed by atoms with Crippen LogP contribution in [0.4, 0.5) is 0 Å². The number of carboxylic acids is 1. The lowest BCUT2D eigenvalue weighted by Gasteiger charge is -1.97. The van der Waals surface area contributed by atoms with Crippen molar-refractivity contribution in [3.63, 3.8) is 0 Å². The molecule has 3 heteroatoms. The molecular formula is C7H12O2Si. The first-order valence-electron chi connectivity index (χ1n) is 3.12. The summed E-state index contributed by atoms with van der Waals surface area (Å²) in [5.74, 6) is -0.845. The Hall–Kier alpha value is -0.833. The Kier molecular flexibility index (Phi) is 3.72. The molecule has 0 aromatic rings. The van der Waals surface area contributed by atoms with E-state index in [0.717, 1.165) is 10.2 Å². The summed E-state index contributed by atoms with van der Waals surface area (Å²) in [6.07, 6.45) is 3.49. The van der Waals surface area contributed by atoms with Gasteiger partial charge in [-0.2, -0.15) is 0 Å². The smallest absolute Gasteiger partial charge is 0.330 e. The number of allylic oxidation sites excluding steroid dienone is 2. The van der Waals surface area contributed by atoms with Crippen LogP contribution in [0.5, 0.6) is 0 Å². The summed E-state index contributed by atoms with van der Waals surface area (Å²) in [5.41, 5.74) is 0.677. The van der Waals surface area contributed by atoms with E-state index < -0.39 is 5.97 Å². The van der Waals surface area contributed by atoms with E-state index in [9.17, 15) is 4.79 Å². The van der Waals surface area contributed by atoms with Gasteiger partial charge in [-0.3, -0.25) is 0 Å². The van der Waals surface area contributed by atoms with Crippen molar-refractivity contribution in [1.82, 2.24) is 0 Å². The van der Waals surface area contributed by atoms with E-state index >= 15 is 0 Å². The highest BCUT2D eigenvalue weighted by molar-refractivity contribution is 6.14. The monoisotopic (exact) mass is 156 g/mol. The van der Waals surface area contributed by atoms with Crippen molar-refractivity contribution >= 4 is 16.2 Å². The van der Waals surface area contributed by atoms with Gasteiger partial charge in [-0.15, -0.1) is 6.58 Å². The van der Waals surface area contributed by atoms with Crippen LogP contribution in [0.1, 0.15) is 6.92 Å². The summed E-state index contributed by atoms with van der Waals surface area (Å²) >= 11 is 0. The van der Waals surface area contributed by atoms with Gasteiger partial charge < -0.3 is 5.11 Å². The maximum Gasteiger partial charge on any atom is 0.330 e. The molecule has 0 radical (unpaired) electrons. The summed E-state index contributed by atoms with van der Waals surface area (Å²) < 4.78 is 0. The molecule has 0 aliphatic carbocycles. The molecule has 2 nitrogen and oxygen atoms in total. The Morgan fingerprint density at radius 1 is 1.80 bits per heavy atom. The number of rotatable bonds is 3. The topological polar surface area (TPSA) is 37.3 Å². The van der Waals surface area contributed by atoms with Crippen molar-refractivity contribution in [3.8, 4) is 0 Å². The number of carboxylic acid groups (broad SMARTS) is 1. The lowest BCUT2D eigenvalue weighted by atomic mass is 10.2. The molecule has 10 heavy (non-hydrogen) atoms. The first-order valence-corrected chi connectivity index (χ1v) is 4.27. The number of aliphatic carboxylic acids is 1. The molecule has 0 bridgehead atoms. The Bertz CT molecular complexity index is 172. The van der Waals surface area contributed by atoms with Crippen molar-refractivity contribution in [2.45, 2.75) is 12.5 Å². The van der Waals surface area contributed by atoms with E-state index in [-0.39, 0.29) is 5.54 Å². The van der Waals surface area contributed by atoms with Crippen LogP contribution in [-0.4, -0.2) is 21.3 Å². The third-order valence-corrected chi connectivity index (χ3v) is 2.03. The summed E-state index contributed by atoms with van der Waals surface area (Å²) in [6.45, 7) is 5.16. The minimum atomic E-state index is -0.845. The van der Waals surface area contributed by atoms with E-state index in [2.05, 4.69) is 6.58 Å². The second kappa shape index (κ2) is 4.06. The van der Waals surface area contributed by atoms with Crippen LogP contribution in [0.3, 0.4) is 0 Å². The molecule has 0 aromatic carbocycles. The van der Waals surface area contributed by atoms with Crippen LogP contribution in [0.25, 0.3) is 0 Å². The fourth-order valence-corrected chi connectivity index (χ4v) is 1.03. The van der Waals surface area contributed by atoms with E-state index in [1.807, 2.05) is 0 Å². The van der Waals surface area contributed by atoms with Gasteiger partial charge in [0.15, 0.2) is 0 Å². The number of hydrogen-bond donors (Lipinski definition) is 1. The van der Waals surface area contributed by atoms with Crippen LogP contribution in [-0.2, 0) is 4.79 Å². The molecule has 0 aliphatic rings. The Labute approximate surface area is 63.7 Å². The zero-order valence-electron chi connectivity index (χ0n) is 6.29.